The van der Waals surface area contributed by atoms with Crippen molar-refractivity contribution in [2.45, 2.75) is 83.9 Å². The van der Waals surface area contributed by atoms with E-state index in [1.807, 2.05) is 31.9 Å². The van der Waals surface area contributed by atoms with Crippen molar-refractivity contribution >= 4 is 11.9 Å². The molecule has 2 aromatic carbocycles. The van der Waals surface area contributed by atoms with Gasteiger partial charge < -0.3 is 34.6 Å². The average Bonchev–Trinajstić information content (AvgIpc) is 3.86. The van der Waals surface area contributed by atoms with E-state index in [0.717, 1.165) is 81.6 Å². The van der Waals surface area contributed by atoms with Crippen molar-refractivity contribution in [3.8, 4) is 33.9 Å². The largest absolute Gasteiger partial charge is 0.488 e. The van der Waals surface area contributed by atoms with E-state index >= 15 is 0 Å². The Kier molecular flexibility index (Phi) is 7.48. The van der Waals surface area contributed by atoms with Crippen molar-refractivity contribution in [1.29, 1.82) is 0 Å². The van der Waals surface area contributed by atoms with Crippen molar-refractivity contribution in [2.75, 3.05) is 33.4 Å². The fourth-order valence-electron chi connectivity index (χ4n) is 7.95. The molecule has 2 saturated heterocycles. The minimum Gasteiger partial charge on any atom is -0.488 e. The molecule has 8 rings (SSSR count). The van der Waals surface area contributed by atoms with Crippen molar-refractivity contribution < 1.29 is 23.7 Å². The maximum atomic E-state index is 13.3. The molecular formula is C37H46N6O5. The number of amides is 1. The monoisotopic (exact) mass is 654 g/mol. The number of carbonyl (C=O) groups is 1. The molecular weight excluding hydrogens is 608 g/mol. The third-order valence-corrected chi connectivity index (χ3v) is 10.3. The first-order chi connectivity index (χ1) is 23.0. The molecule has 48 heavy (non-hydrogen) atoms. The summed E-state index contributed by atoms with van der Waals surface area (Å²) in [4.78, 5) is 28.3. The van der Waals surface area contributed by atoms with E-state index in [4.69, 9.17) is 28.9 Å². The van der Waals surface area contributed by atoms with Gasteiger partial charge in [0.15, 0.2) is 0 Å². The standard InChI is InChI=1S/C37H46N6O5/c1-20-7-26(38-13-20)33-39-14-27(41-33)22-9-23-17-47-30-12-25(10-24-18-46-29(11-22)31(23)32(24)30)37(5)19-40-34(42-37)28-8-21(16-45-6)15-43(28)35(44)48-36(2,3)4/h9-12,14,20-21,26,28,38H,7-8,13,15-19H2,1-6H3,(H,39,41)(H,40,42)/t20-,21-,26-,28-,37?/m0/s1. The fraction of sp³-hybridized carbons (Fsp3) is 0.541. The predicted octanol–water partition coefficient (Wildman–Crippen LogP) is 5.69. The molecule has 254 valence electrons. The number of benzene rings is 2. The third-order valence-electron chi connectivity index (χ3n) is 10.3. The zero-order chi connectivity index (χ0) is 33.4. The first-order valence-corrected chi connectivity index (χ1v) is 17.2. The molecule has 0 saturated carbocycles. The number of aromatic nitrogens is 2. The number of methoxy groups -OCH3 is 1. The van der Waals surface area contributed by atoms with Crippen molar-refractivity contribution in [1.82, 2.24) is 25.5 Å². The first-order valence-electron chi connectivity index (χ1n) is 17.2. The number of H-pyrrole nitrogens is 1. The van der Waals surface area contributed by atoms with E-state index < -0.39 is 11.1 Å². The van der Waals surface area contributed by atoms with Gasteiger partial charge in [-0.15, -0.1) is 0 Å². The number of carbonyl (C=O) groups excluding carboxylic acids is 1. The Morgan fingerprint density at radius 3 is 2.54 bits per heavy atom. The van der Waals surface area contributed by atoms with E-state index in [1.165, 1.54) is 0 Å². The fourth-order valence-corrected chi connectivity index (χ4v) is 7.95. The Balaban J connectivity index is 1.04. The highest BCUT2D eigenvalue weighted by Gasteiger charge is 2.45. The molecule has 3 aromatic rings. The molecule has 5 aliphatic rings. The average molecular weight is 655 g/mol. The van der Waals surface area contributed by atoms with E-state index in [-0.39, 0.29) is 24.1 Å². The van der Waals surface area contributed by atoms with Crippen LogP contribution in [0.5, 0.6) is 11.5 Å². The van der Waals surface area contributed by atoms with Crippen LogP contribution in [0, 0.1) is 11.8 Å². The summed E-state index contributed by atoms with van der Waals surface area (Å²) in [6.45, 7) is 13.7. The Labute approximate surface area is 281 Å². The number of nitrogens with zero attached hydrogens (tertiary/aromatic N) is 3. The highest BCUT2D eigenvalue weighted by atomic mass is 16.6. The van der Waals surface area contributed by atoms with Crippen LogP contribution in [0.4, 0.5) is 4.79 Å². The van der Waals surface area contributed by atoms with E-state index in [2.05, 4.69) is 53.7 Å². The van der Waals surface area contributed by atoms with Gasteiger partial charge in [-0.05, 0) is 82.8 Å². The molecule has 0 aliphatic carbocycles. The lowest BCUT2D eigenvalue weighted by Gasteiger charge is -2.34. The Morgan fingerprint density at radius 2 is 1.83 bits per heavy atom. The summed E-state index contributed by atoms with van der Waals surface area (Å²) in [5.41, 5.74) is 6.49. The SMILES string of the molecule is COC[C@H]1C[C@@H](C2=NCC(C)(c3cc4c5c(c3)OCc3cc(-c6cnc([C@@H]7C[C@H](C)CN7)[nH]6)cc(c3-5)OC4)N2)N(C(=O)OC(C)(C)C)C1. The summed E-state index contributed by atoms with van der Waals surface area (Å²) in [6.07, 6.45) is 3.45. The smallest absolute Gasteiger partial charge is 0.410 e. The lowest BCUT2D eigenvalue weighted by molar-refractivity contribution is 0.0251. The number of likely N-dealkylation sites (tertiary alicyclic amines) is 1. The van der Waals surface area contributed by atoms with Gasteiger partial charge in [0, 0.05) is 47.4 Å². The first kappa shape index (κ1) is 31.2. The summed E-state index contributed by atoms with van der Waals surface area (Å²) in [7, 11) is 1.70. The van der Waals surface area contributed by atoms with Gasteiger partial charge in [0.05, 0.1) is 42.7 Å². The van der Waals surface area contributed by atoms with Gasteiger partial charge in [-0.3, -0.25) is 9.89 Å². The van der Waals surface area contributed by atoms with E-state index in [0.29, 0.717) is 38.8 Å². The molecule has 2 fully saturated rings. The summed E-state index contributed by atoms with van der Waals surface area (Å²) < 4.78 is 24.2. The number of aliphatic imine (C=N–C) groups is 1. The zero-order valence-electron chi connectivity index (χ0n) is 28.7. The number of ether oxygens (including phenoxy) is 4. The molecule has 11 heteroatoms. The predicted molar refractivity (Wildman–Crippen MR) is 182 cm³/mol. The number of amidine groups is 1. The second kappa shape index (κ2) is 11.5. The molecule has 0 bridgehead atoms. The van der Waals surface area contributed by atoms with Crippen molar-refractivity contribution in [3.05, 3.63) is 53.0 Å². The molecule has 6 heterocycles. The molecule has 1 unspecified atom stereocenters. The minimum atomic E-state index is -0.582. The Morgan fingerprint density at radius 1 is 1.08 bits per heavy atom. The van der Waals surface area contributed by atoms with Crippen LogP contribution < -0.4 is 20.1 Å². The van der Waals surface area contributed by atoms with Gasteiger partial charge >= 0.3 is 6.09 Å². The summed E-state index contributed by atoms with van der Waals surface area (Å²) in [5.74, 6) is 4.40. The van der Waals surface area contributed by atoms with Crippen molar-refractivity contribution in [3.63, 3.8) is 0 Å². The maximum Gasteiger partial charge on any atom is 0.410 e. The lowest BCUT2D eigenvalue weighted by atomic mass is 9.84. The van der Waals surface area contributed by atoms with Gasteiger partial charge in [0.2, 0.25) is 0 Å². The van der Waals surface area contributed by atoms with E-state index in [1.54, 1.807) is 7.11 Å². The van der Waals surface area contributed by atoms with Crippen LogP contribution in [0.3, 0.4) is 0 Å². The van der Waals surface area contributed by atoms with Crippen LogP contribution >= 0.6 is 0 Å². The van der Waals surface area contributed by atoms with E-state index in [9.17, 15) is 4.79 Å². The van der Waals surface area contributed by atoms with Crippen molar-refractivity contribution in [2.24, 2.45) is 16.8 Å². The highest BCUT2D eigenvalue weighted by Crippen LogP contribution is 2.51. The molecule has 3 N–H and O–H groups in total. The number of hydrogen-bond acceptors (Lipinski definition) is 9. The summed E-state index contributed by atoms with van der Waals surface area (Å²) in [5, 5.41) is 7.30. The molecule has 5 atom stereocenters. The number of hydrogen-bond donors (Lipinski definition) is 3. The van der Waals surface area contributed by atoms with Gasteiger partial charge in [-0.25, -0.2) is 9.78 Å². The second-order valence-electron chi connectivity index (χ2n) is 15.4. The van der Waals surface area contributed by atoms with Crippen LogP contribution in [0.25, 0.3) is 22.4 Å². The van der Waals surface area contributed by atoms with Crippen LogP contribution in [-0.4, -0.2) is 71.8 Å². The van der Waals surface area contributed by atoms with Crippen LogP contribution in [0.2, 0.25) is 0 Å². The maximum absolute atomic E-state index is 13.3. The van der Waals surface area contributed by atoms with Gasteiger partial charge in [0.1, 0.15) is 42.0 Å². The molecule has 0 spiro atoms. The third kappa shape index (κ3) is 5.50. The zero-order valence-corrected chi connectivity index (χ0v) is 28.7. The van der Waals surface area contributed by atoms with Crippen LogP contribution in [0.15, 0.2) is 35.5 Å². The quantitative estimate of drug-likeness (QED) is 0.310. The summed E-state index contributed by atoms with van der Waals surface area (Å²) in [6, 6.07) is 8.77. The number of aromatic amines is 1. The highest BCUT2D eigenvalue weighted by molar-refractivity contribution is 5.93. The molecule has 11 nitrogen and oxygen atoms in total. The molecule has 5 aliphatic heterocycles. The summed E-state index contributed by atoms with van der Waals surface area (Å²) >= 11 is 0. The normalized spacial score (nSPS) is 27.2. The van der Waals surface area contributed by atoms with Gasteiger partial charge in [-0.1, -0.05) is 6.92 Å². The topological polar surface area (TPSA) is 122 Å². The molecule has 0 radical (unpaired) electrons. The Bertz CT molecular complexity index is 1740. The second-order valence-corrected chi connectivity index (χ2v) is 15.4. The minimum absolute atomic E-state index is 0.204. The lowest BCUT2D eigenvalue weighted by Crippen LogP contribution is -2.50. The van der Waals surface area contributed by atoms with Gasteiger partial charge in [-0.2, -0.15) is 0 Å². The molecule has 1 aromatic heterocycles. The Hall–Kier alpha value is -4.09. The number of rotatable bonds is 6. The number of imidazole rings is 1. The van der Waals surface area contributed by atoms with Crippen LogP contribution in [0.1, 0.15) is 76.0 Å². The van der Waals surface area contributed by atoms with Crippen LogP contribution in [-0.2, 0) is 28.2 Å². The van der Waals surface area contributed by atoms with Gasteiger partial charge in [0.25, 0.3) is 0 Å². The molecule has 1 amide bonds. The number of nitrogens with one attached hydrogen (secondary N) is 3.